The Labute approximate surface area is 261 Å². The maximum absolute atomic E-state index is 16.9. The van der Waals surface area contributed by atoms with Crippen LogP contribution in [0.2, 0.25) is 0 Å². The third-order valence-electron chi connectivity index (χ3n) is 8.43. The summed E-state index contributed by atoms with van der Waals surface area (Å²) in [5, 5.41) is 10.6. The molecule has 0 bridgehead atoms. The largest absolute Gasteiger partial charge is 0.481 e. The molecule has 0 saturated carbocycles. The van der Waals surface area contributed by atoms with Gasteiger partial charge in [-0.25, -0.2) is 13.8 Å². The van der Waals surface area contributed by atoms with Crippen molar-refractivity contribution in [3.8, 4) is 6.07 Å². The topological polar surface area (TPSA) is 48.6 Å². The number of aliphatic imine (C=N–C) groups is 1. The molecule has 1 aromatic heterocycles. The number of methoxy groups -OCH3 is 1. The van der Waals surface area contributed by atoms with Crippen LogP contribution in [0.5, 0.6) is 0 Å². The smallest absolute Gasteiger partial charge is 0.209 e. The van der Waals surface area contributed by atoms with Crippen LogP contribution in [0.3, 0.4) is 0 Å². The highest BCUT2D eigenvalue weighted by Crippen LogP contribution is 2.43. The van der Waals surface area contributed by atoms with Crippen molar-refractivity contribution in [2.75, 3.05) is 13.7 Å². The van der Waals surface area contributed by atoms with E-state index in [9.17, 15) is 5.26 Å². The van der Waals surface area contributed by atoms with Crippen LogP contribution < -0.4 is 0 Å². The number of hydrogen-bond acceptors (Lipinski definition) is 5. The molecular formula is C36H47F2N3OS. The molecule has 1 aliphatic carbocycles. The average Bonchev–Trinajstić information content (AvgIpc) is 3.41. The number of nitrogens with zero attached hydrogens (tertiary/aromatic N) is 3. The number of allylic oxidation sites excluding steroid dienone is 7. The third-order valence-corrected chi connectivity index (χ3v) is 9.93. The molecule has 43 heavy (non-hydrogen) atoms. The van der Waals surface area contributed by atoms with Crippen LogP contribution in [0, 0.1) is 23.1 Å². The van der Waals surface area contributed by atoms with Crippen molar-refractivity contribution in [2.45, 2.75) is 99.5 Å². The van der Waals surface area contributed by atoms with E-state index >= 15 is 8.78 Å². The van der Waals surface area contributed by atoms with Gasteiger partial charge in [0.25, 0.3) is 0 Å². The molecule has 0 N–H and O–H groups in total. The van der Waals surface area contributed by atoms with Gasteiger partial charge < -0.3 is 9.64 Å². The van der Waals surface area contributed by atoms with Crippen molar-refractivity contribution in [1.29, 1.82) is 5.26 Å². The van der Waals surface area contributed by atoms with Crippen LogP contribution in [0.1, 0.15) is 109 Å². The molecule has 3 rings (SSSR count). The van der Waals surface area contributed by atoms with Crippen LogP contribution in [0.4, 0.5) is 8.78 Å². The van der Waals surface area contributed by atoms with Crippen molar-refractivity contribution in [1.82, 2.24) is 4.90 Å². The molecule has 0 amide bonds. The Kier molecular flexibility index (Phi) is 12.3. The first-order valence-electron chi connectivity index (χ1n) is 15.6. The summed E-state index contributed by atoms with van der Waals surface area (Å²) in [6.45, 7) is 17.6. The second-order valence-electron chi connectivity index (χ2n) is 11.5. The summed E-state index contributed by atoms with van der Waals surface area (Å²) in [5.41, 5.74) is 3.00. The molecule has 2 unspecified atom stereocenters. The average molecular weight is 608 g/mol. The van der Waals surface area contributed by atoms with E-state index < -0.39 is 11.6 Å². The van der Waals surface area contributed by atoms with E-state index in [1.165, 1.54) is 24.5 Å². The summed E-state index contributed by atoms with van der Waals surface area (Å²) in [5.74, 6) is 0.0859. The minimum absolute atomic E-state index is 0.0321. The highest BCUT2D eigenvalue weighted by Gasteiger charge is 2.29. The minimum atomic E-state index is -0.520. The molecule has 232 valence electrons. The van der Waals surface area contributed by atoms with Gasteiger partial charge in [-0.2, -0.15) is 5.26 Å². The van der Waals surface area contributed by atoms with E-state index in [-0.39, 0.29) is 17.2 Å². The van der Waals surface area contributed by atoms with E-state index in [0.29, 0.717) is 51.0 Å². The van der Waals surface area contributed by atoms with Gasteiger partial charge in [-0.3, -0.25) is 0 Å². The number of fused-ring (bicyclic) bond motifs is 1. The fourth-order valence-electron chi connectivity index (χ4n) is 5.75. The lowest BCUT2D eigenvalue weighted by atomic mass is 9.89. The number of thiophene rings is 1. The summed E-state index contributed by atoms with van der Waals surface area (Å²) in [6, 6.07) is 5.54. The van der Waals surface area contributed by atoms with Gasteiger partial charge in [0.1, 0.15) is 17.6 Å². The fraction of sp³-hybridized carbons (Fsp3) is 0.500. The predicted molar refractivity (Wildman–Crippen MR) is 178 cm³/mol. The number of ether oxygens (including phenoxy) is 1. The maximum atomic E-state index is 16.9. The van der Waals surface area contributed by atoms with Crippen LogP contribution in [-0.2, 0) is 4.74 Å². The van der Waals surface area contributed by atoms with Gasteiger partial charge in [-0.1, -0.05) is 66.2 Å². The molecular weight excluding hydrogens is 560 g/mol. The van der Waals surface area contributed by atoms with Gasteiger partial charge in [0.05, 0.1) is 17.4 Å². The Balaban J connectivity index is 2.29. The molecule has 0 radical (unpaired) electrons. The molecule has 7 heteroatoms. The van der Waals surface area contributed by atoms with Crippen LogP contribution in [-0.4, -0.2) is 30.3 Å². The van der Waals surface area contributed by atoms with Crippen molar-refractivity contribution in [3.63, 3.8) is 0 Å². The zero-order valence-corrected chi connectivity index (χ0v) is 28.1. The van der Waals surface area contributed by atoms with Crippen LogP contribution in [0.25, 0.3) is 15.7 Å². The molecule has 2 atom stereocenters. The lowest BCUT2D eigenvalue weighted by Gasteiger charge is -2.35. The Morgan fingerprint density at radius 2 is 1.81 bits per heavy atom. The fourth-order valence-corrected chi connectivity index (χ4v) is 6.93. The van der Waals surface area contributed by atoms with Crippen molar-refractivity contribution >= 4 is 32.7 Å². The lowest BCUT2D eigenvalue weighted by Crippen LogP contribution is -2.35. The molecule has 4 nitrogen and oxygen atoms in total. The van der Waals surface area contributed by atoms with Gasteiger partial charge >= 0.3 is 0 Å². The van der Waals surface area contributed by atoms with Gasteiger partial charge in [0, 0.05) is 39.7 Å². The molecule has 0 aliphatic heterocycles. The van der Waals surface area contributed by atoms with E-state index in [0.717, 1.165) is 42.8 Å². The summed E-state index contributed by atoms with van der Waals surface area (Å²) in [7, 11) is 1.53. The quantitative estimate of drug-likeness (QED) is 0.213. The molecule has 1 heterocycles. The Morgan fingerprint density at radius 1 is 1.09 bits per heavy atom. The first-order valence-corrected chi connectivity index (χ1v) is 16.4. The number of hydrogen-bond donors (Lipinski definition) is 0. The standard InChI is InChI=1S/C36H47F2N3OS/c1-10-14-31(42-9)40-34-26(24(8)41(13-4)25(12-3)16-15-23(7)11-2)17-18-28(33(34)38)27-19-20-30(37)36-32(27)29(21-39)35(43-36)22(5)6/h14,17-20,22-23,25H,10-13,15-16H2,1-9H3/b26-24+,31-14-,40-34+. The first kappa shape index (κ1) is 34.3. The van der Waals surface area contributed by atoms with Gasteiger partial charge in [0.15, 0.2) is 5.83 Å². The first-order chi connectivity index (χ1) is 20.6. The molecule has 1 aliphatic rings. The lowest BCUT2D eigenvalue weighted by molar-refractivity contribution is 0.230. The highest BCUT2D eigenvalue weighted by molar-refractivity contribution is 7.19. The third kappa shape index (κ3) is 7.29. The number of nitriles is 1. The van der Waals surface area contributed by atoms with Gasteiger partial charge in [0.2, 0.25) is 5.88 Å². The summed E-state index contributed by atoms with van der Waals surface area (Å²) < 4.78 is 37.9. The number of benzene rings is 1. The molecule has 1 aromatic carbocycles. The van der Waals surface area contributed by atoms with E-state index in [4.69, 9.17) is 9.73 Å². The summed E-state index contributed by atoms with van der Waals surface area (Å²) >= 11 is 1.27. The van der Waals surface area contributed by atoms with Crippen molar-refractivity contribution in [2.24, 2.45) is 10.9 Å². The second kappa shape index (κ2) is 15.5. The zero-order valence-electron chi connectivity index (χ0n) is 27.3. The SMILES string of the molecule is CC/C=C(/N=C1/C(F)=C(c2ccc(F)c3sc(C(C)C)c(C#N)c23)C=C/C1=C(/C)N(CC)C(CC)CCC(C)CC)OC. The van der Waals surface area contributed by atoms with E-state index in [2.05, 4.69) is 38.7 Å². The number of rotatable bonds is 13. The van der Waals surface area contributed by atoms with Gasteiger partial charge in [-0.15, -0.1) is 11.3 Å². The monoisotopic (exact) mass is 607 g/mol. The van der Waals surface area contributed by atoms with Crippen molar-refractivity contribution < 1.29 is 13.5 Å². The summed E-state index contributed by atoms with van der Waals surface area (Å²) in [6.07, 6.45) is 10.5. The number of halogens is 2. The van der Waals surface area contributed by atoms with Crippen LogP contribution >= 0.6 is 11.3 Å². The predicted octanol–water partition coefficient (Wildman–Crippen LogP) is 10.8. The Hall–Kier alpha value is -3.24. The Bertz CT molecular complexity index is 1500. The molecule has 2 aromatic rings. The summed E-state index contributed by atoms with van der Waals surface area (Å²) in [4.78, 5) is 7.88. The maximum Gasteiger partial charge on any atom is 0.209 e. The minimum Gasteiger partial charge on any atom is -0.481 e. The second-order valence-corrected chi connectivity index (χ2v) is 12.6. The Morgan fingerprint density at radius 3 is 2.37 bits per heavy atom. The molecule has 0 saturated heterocycles. The van der Waals surface area contributed by atoms with Crippen LogP contribution in [0.15, 0.2) is 58.3 Å². The zero-order chi connectivity index (χ0) is 31.8. The van der Waals surface area contributed by atoms with Crippen molar-refractivity contribution in [3.05, 3.63) is 75.2 Å². The molecule has 0 fully saturated rings. The van der Waals surface area contributed by atoms with E-state index in [1.807, 2.05) is 39.8 Å². The normalized spacial score (nSPS) is 17.6. The highest BCUT2D eigenvalue weighted by atomic mass is 32.1. The van der Waals surface area contributed by atoms with E-state index in [1.54, 1.807) is 12.1 Å². The van der Waals surface area contributed by atoms with Gasteiger partial charge in [-0.05, 0) is 69.1 Å². The molecule has 0 spiro atoms.